The lowest BCUT2D eigenvalue weighted by Crippen LogP contribution is -2.22. The maximum Gasteiger partial charge on any atom is 0.327 e. The van der Waals surface area contributed by atoms with Gasteiger partial charge in [0.05, 0.1) is 17.5 Å². The van der Waals surface area contributed by atoms with Crippen molar-refractivity contribution in [3.63, 3.8) is 0 Å². The van der Waals surface area contributed by atoms with Crippen LogP contribution in [0.4, 0.5) is 11.4 Å². The van der Waals surface area contributed by atoms with Gasteiger partial charge in [-0.05, 0) is 30.7 Å². The molecule has 1 N–H and O–H groups in total. The van der Waals surface area contributed by atoms with Crippen LogP contribution in [0.3, 0.4) is 0 Å². The van der Waals surface area contributed by atoms with Crippen molar-refractivity contribution in [2.75, 3.05) is 24.7 Å². The summed E-state index contributed by atoms with van der Waals surface area (Å²) in [5.41, 5.74) is 2.30. The van der Waals surface area contributed by atoms with Gasteiger partial charge in [0.25, 0.3) is 0 Å². The minimum Gasteiger partial charge on any atom is -0.340 e. The van der Waals surface area contributed by atoms with Crippen LogP contribution in [0.2, 0.25) is 0 Å². The van der Waals surface area contributed by atoms with Crippen LogP contribution in [0.15, 0.2) is 58.3 Å². The summed E-state index contributed by atoms with van der Waals surface area (Å²) >= 11 is 1.76. The summed E-state index contributed by atoms with van der Waals surface area (Å²) in [6, 6.07) is 16.5. The minimum atomic E-state index is -3.44. The number of hydrogen-bond donors (Lipinski definition) is 1. The van der Waals surface area contributed by atoms with Gasteiger partial charge in [0.15, 0.2) is 0 Å². The van der Waals surface area contributed by atoms with Crippen LogP contribution in [0, 0.1) is 0 Å². The Bertz CT molecular complexity index is 677. The number of fused-ring (bicyclic) bond motifs is 2. The first-order valence-electron chi connectivity index (χ1n) is 7.12. The monoisotopic (exact) mass is 335 g/mol. The zero-order valence-corrected chi connectivity index (χ0v) is 14.0. The van der Waals surface area contributed by atoms with E-state index < -0.39 is 7.60 Å². The minimum absolute atomic E-state index is 0.164. The highest BCUT2D eigenvalue weighted by Gasteiger charge is 2.24. The van der Waals surface area contributed by atoms with E-state index in [4.69, 9.17) is 0 Å². The molecule has 2 aromatic rings. The number of para-hydroxylation sites is 2. The summed E-state index contributed by atoms with van der Waals surface area (Å²) in [7, 11) is -2.16. The van der Waals surface area contributed by atoms with E-state index in [1.54, 1.807) is 11.8 Å². The standard InChI is InChI=1S/C16H18NO3PS/c1-20-21(18,19)12-6-11-17-13-7-2-4-9-15(13)22-16-10-5-3-8-14(16)17/h2-5,7-10H,6,11-12H2,1H3,(H,18,19). The van der Waals surface area contributed by atoms with E-state index in [-0.39, 0.29) is 6.16 Å². The van der Waals surface area contributed by atoms with Crippen molar-refractivity contribution in [2.45, 2.75) is 16.2 Å². The predicted octanol–water partition coefficient (Wildman–Crippen LogP) is 4.51. The Hall–Kier alpha value is -1.26. The van der Waals surface area contributed by atoms with E-state index in [0.717, 1.165) is 11.4 Å². The molecule has 0 saturated heterocycles. The number of rotatable bonds is 5. The molecule has 6 heteroatoms. The Kier molecular flexibility index (Phi) is 4.59. The largest absolute Gasteiger partial charge is 0.340 e. The lowest BCUT2D eigenvalue weighted by molar-refractivity contribution is 0.315. The van der Waals surface area contributed by atoms with Gasteiger partial charge in [0.2, 0.25) is 0 Å². The van der Waals surface area contributed by atoms with Gasteiger partial charge in [0.1, 0.15) is 0 Å². The maximum atomic E-state index is 11.6. The van der Waals surface area contributed by atoms with Crippen molar-refractivity contribution in [2.24, 2.45) is 0 Å². The molecule has 1 heterocycles. The summed E-state index contributed by atoms with van der Waals surface area (Å²) in [5, 5.41) is 0. The first kappa shape index (κ1) is 15.6. The van der Waals surface area contributed by atoms with Gasteiger partial charge in [-0.2, -0.15) is 0 Å². The molecular weight excluding hydrogens is 317 g/mol. The molecule has 1 unspecified atom stereocenters. The number of benzene rings is 2. The zero-order chi connectivity index (χ0) is 15.6. The quantitative estimate of drug-likeness (QED) is 0.815. The zero-order valence-electron chi connectivity index (χ0n) is 12.3. The second-order valence-corrected chi connectivity index (χ2v) is 8.26. The third kappa shape index (κ3) is 3.23. The van der Waals surface area contributed by atoms with Crippen molar-refractivity contribution in [1.29, 1.82) is 0 Å². The van der Waals surface area contributed by atoms with E-state index in [1.165, 1.54) is 16.9 Å². The van der Waals surface area contributed by atoms with E-state index in [9.17, 15) is 9.46 Å². The molecule has 3 rings (SSSR count). The summed E-state index contributed by atoms with van der Waals surface area (Å²) in [6.07, 6.45) is 0.756. The fraction of sp³-hybridized carbons (Fsp3) is 0.250. The molecule has 0 radical (unpaired) electrons. The summed E-state index contributed by atoms with van der Waals surface area (Å²) in [5.74, 6) is 0. The Morgan fingerprint density at radius 2 is 1.64 bits per heavy atom. The molecule has 1 aliphatic rings. The van der Waals surface area contributed by atoms with E-state index >= 15 is 0 Å². The molecule has 2 aromatic carbocycles. The van der Waals surface area contributed by atoms with Crippen molar-refractivity contribution in [3.8, 4) is 0 Å². The molecule has 0 fully saturated rings. The molecular formula is C16H18NO3PS. The molecule has 0 spiro atoms. The average Bonchev–Trinajstić information content (AvgIpc) is 2.54. The van der Waals surface area contributed by atoms with E-state index in [0.29, 0.717) is 13.0 Å². The molecule has 1 aliphatic heterocycles. The lowest BCUT2D eigenvalue weighted by atomic mass is 10.2. The van der Waals surface area contributed by atoms with Crippen LogP contribution >= 0.6 is 19.4 Å². The van der Waals surface area contributed by atoms with Crippen LogP contribution in [-0.4, -0.2) is 24.7 Å². The fourth-order valence-corrected chi connectivity index (χ4v) is 4.36. The third-order valence-electron chi connectivity index (χ3n) is 3.64. The van der Waals surface area contributed by atoms with Crippen LogP contribution in [-0.2, 0) is 9.09 Å². The highest BCUT2D eigenvalue weighted by molar-refractivity contribution is 7.99. The van der Waals surface area contributed by atoms with E-state index in [1.807, 2.05) is 24.3 Å². The van der Waals surface area contributed by atoms with Crippen molar-refractivity contribution < 1.29 is 14.0 Å². The Morgan fingerprint density at radius 3 is 2.18 bits per heavy atom. The summed E-state index contributed by atoms with van der Waals surface area (Å²) in [6.45, 7) is 0.683. The highest BCUT2D eigenvalue weighted by Crippen LogP contribution is 2.48. The molecule has 0 amide bonds. The molecule has 0 bridgehead atoms. The summed E-state index contributed by atoms with van der Waals surface area (Å²) < 4.78 is 16.3. The number of anilines is 2. The topological polar surface area (TPSA) is 49.8 Å². The lowest BCUT2D eigenvalue weighted by Gasteiger charge is -2.32. The normalized spacial score (nSPS) is 15.8. The molecule has 4 nitrogen and oxygen atoms in total. The second-order valence-electron chi connectivity index (χ2n) is 5.09. The smallest absolute Gasteiger partial charge is 0.327 e. The average molecular weight is 335 g/mol. The molecule has 0 saturated carbocycles. The molecule has 1 atom stereocenters. The molecule has 0 aromatic heterocycles. The first-order chi connectivity index (χ1) is 10.6. The second kappa shape index (κ2) is 6.47. The van der Waals surface area contributed by atoms with Gasteiger partial charge >= 0.3 is 7.60 Å². The maximum absolute atomic E-state index is 11.6. The number of nitrogens with zero attached hydrogens (tertiary/aromatic N) is 1. The third-order valence-corrected chi connectivity index (χ3v) is 6.22. The van der Waals surface area contributed by atoms with Gasteiger partial charge in [-0.1, -0.05) is 36.0 Å². The van der Waals surface area contributed by atoms with Crippen LogP contribution in [0.5, 0.6) is 0 Å². The SMILES string of the molecule is COP(=O)(O)CCCN1c2ccccc2Sc2ccccc21. The van der Waals surface area contributed by atoms with Gasteiger partial charge in [-0.3, -0.25) is 4.57 Å². The molecule has 0 aliphatic carbocycles. The van der Waals surface area contributed by atoms with Gasteiger partial charge in [-0.25, -0.2) is 0 Å². The van der Waals surface area contributed by atoms with Crippen LogP contribution in [0.1, 0.15) is 6.42 Å². The Morgan fingerprint density at radius 1 is 1.09 bits per heavy atom. The highest BCUT2D eigenvalue weighted by atomic mass is 32.2. The first-order valence-corrected chi connectivity index (χ1v) is 9.70. The van der Waals surface area contributed by atoms with Crippen molar-refractivity contribution in [3.05, 3.63) is 48.5 Å². The number of hydrogen-bond acceptors (Lipinski definition) is 4. The van der Waals surface area contributed by atoms with E-state index in [2.05, 4.69) is 33.7 Å². The fourth-order valence-electron chi connectivity index (χ4n) is 2.54. The summed E-state index contributed by atoms with van der Waals surface area (Å²) in [4.78, 5) is 14.2. The van der Waals surface area contributed by atoms with Crippen molar-refractivity contribution >= 4 is 30.7 Å². The predicted molar refractivity (Wildman–Crippen MR) is 90.3 cm³/mol. The van der Waals surface area contributed by atoms with Gasteiger partial charge in [0, 0.05) is 23.4 Å². The van der Waals surface area contributed by atoms with Crippen LogP contribution in [0.25, 0.3) is 0 Å². The molecule has 22 heavy (non-hydrogen) atoms. The van der Waals surface area contributed by atoms with Gasteiger partial charge < -0.3 is 14.3 Å². The van der Waals surface area contributed by atoms with Gasteiger partial charge in [-0.15, -0.1) is 0 Å². The van der Waals surface area contributed by atoms with Crippen LogP contribution < -0.4 is 4.90 Å². The Balaban J connectivity index is 1.85. The van der Waals surface area contributed by atoms with Crippen molar-refractivity contribution in [1.82, 2.24) is 0 Å². The Labute approximate surface area is 134 Å². The molecule has 116 valence electrons.